The van der Waals surface area contributed by atoms with E-state index in [9.17, 15) is 23.3 Å². The Kier molecular flexibility index (Phi) is 4.52. The Labute approximate surface area is 140 Å². The Bertz CT molecular complexity index is 689. The van der Waals surface area contributed by atoms with E-state index in [4.69, 9.17) is 9.47 Å². The van der Waals surface area contributed by atoms with E-state index in [-0.39, 0.29) is 31.1 Å². The molecule has 0 unspecified atom stereocenters. The number of rotatable bonds is 3. The first kappa shape index (κ1) is 17.4. The van der Waals surface area contributed by atoms with Gasteiger partial charge in [-0.15, -0.1) is 0 Å². The van der Waals surface area contributed by atoms with Crippen molar-refractivity contribution >= 4 is 0 Å². The van der Waals surface area contributed by atoms with Crippen LogP contribution in [0.3, 0.4) is 0 Å². The fraction of sp³-hybridized carbons (Fsp3) is 0.500. The summed E-state index contributed by atoms with van der Waals surface area (Å²) in [5, 5.41) is 13.6. The van der Waals surface area contributed by atoms with E-state index in [1.54, 1.807) is 0 Å². The molecule has 11 heteroatoms. The van der Waals surface area contributed by atoms with Crippen molar-refractivity contribution in [1.82, 2.24) is 15.2 Å². The summed E-state index contributed by atoms with van der Waals surface area (Å²) in [7, 11) is 0. The van der Waals surface area contributed by atoms with Crippen LogP contribution in [0.2, 0.25) is 0 Å². The lowest BCUT2D eigenvalue weighted by Crippen LogP contribution is -2.57. The van der Waals surface area contributed by atoms with Gasteiger partial charge >= 0.3 is 6.18 Å². The maximum atomic E-state index is 13.2. The van der Waals surface area contributed by atoms with Gasteiger partial charge in [-0.1, -0.05) is 0 Å². The van der Waals surface area contributed by atoms with Gasteiger partial charge in [0.05, 0.1) is 49.0 Å². The molecular weight excluding hydrogens is 345 g/mol. The van der Waals surface area contributed by atoms with Crippen LogP contribution in [0.5, 0.6) is 0 Å². The normalized spacial score (nSPS) is 21.6. The van der Waals surface area contributed by atoms with Crippen LogP contribution in [-0.2, 0) is 22.2 Å². The Morgan fingerprint density at radius 1 is 1.44 bits per heavy atom. The van der Waals surface area contributed by atoms with Gasteiger partial charge in [0.2, 0.25) is 5.79 Å². The zero-order valence-corrected chi connectivity index (χ0v) is 13.0. The summed E-state index contributed by atoms with van der Waals surface area (Å²) in [5.41, 5.74) is -1.12. The highest BCUT2D eigenvalue weighted by Gasteiger charge is 2.44. The maximum absolute atomic E-state index is 13.2. The van der Waals surface area contributed by atoms with Crippen LogP contribution in [0.15, 0.2) is 30.4 Å². The highest BCUT2D eigenvalue weighted by Crippen LogP contribution is 2.33. The SMILES string of the molecule is O=[N+]([O-])/C=C1\NCC2(CN1Cc1ncccc1C(F)(F)F)OCCO2. The average molecular weight is 360 g/mol. The summed E-state index contributed by atoms with van der Waals surface area (Å²) < 4.78 is 50.5. The van der Waals surface area contributed by atoms with Crippen molar-refractivity contribution in [3.05, 3.63) is 51.7 Å². The zero-order chi connectivity index (χ0) is 18.1. The second kappa shape index (κ2) is 6.48. The quantitative estimate of drug-likeness (QED) is 0.642. The standard InChI is InChI=1S/C14H15F3N4O4/c15-14(16,17)10-2-1-3-18-11(10)6-20-9-13(24-4-5-25-13)8-19-12(20)7-21(22)23/h1-3,7,19H,4-6,8-9H2/b12-7+. The predicted molar refractivity (Wildman–Crippen MR) is 77.4 cm³/mol. The molecule has 0 aromatic carbocycles. The summed E-state index contributed by atoms with van der Waals surface area (Å²) in [4.78, 5) is 15.3. The minimum Gasteiger partial charge on any atom is -0.361 e. The zero-order valence-electron chi connectivity index (χ0n) is 13.0. The largest absolute Gasteiger partial charge is 0.418 e. The Hall–Kier alpha value is -2.40. The molecule has 0 radical (unpaired) electrons. The van der Waals surface area contributed by atoms with Crippen molar-refractivity contribution in [3.8, 4) is 0 Å². The summed E-state index contributed by atoms with van der Waals surface area (Å²) in [5.74, 6) is -0.963. The maximum Gasteiger partial charge on any atom is 0.418 e. The first-order chi connectivity index (χ1) is 11.8. The summed E-state index contributed by atoms with van der Waals surface area (Å²) >= 11 is 0. The highest BCUT2D eigenvalue weighted by molar-refractivity contribution is 5.24. The van der Waals surface area contributed by atoms with Crippen LogP contribution in [-0.4, -0.2) is 46.9 Å². The Balaban J connectivity index is 1.90. The molecule has 25 heavy (non-hydrogen) atoms. The van der Waals surface area contributed by atoms with Crippen molar-refractivity contribution in [1.29, 1.82) is 0 Å². The van der Waals surface area contributed by atoms with Crippen LogP contribution in [0.1, 0.15) is 11.3 Å². The fourth-order valence-electron chi connectivity index (χ4n) is 2.83. The molecule has 1 spiro atoms. The number of nitrogens with zero attached hydrogens (tertiary/aromatic N) is 3. The molecule has 2 fully saturated rings. The molecule has 3 heterocycles. The molecule has 1 aromatic rings. The molecule has 2 aliphatic rings. The van der Waals surface area contributed by atoms with Crippen molar-refractivity contribution < 1.29 is 27.6 Å². The molecule has 0 atom stereocenters. The smallest absolute Gasteiger partial charge is 0.361 e. The van der Waals surface area contributed by atoms with Crippen LogP contribution in [0.4, 0.5) is 13.2 Å². The van der Waals surface area contributed by atoms with E-state index >= 15 is 0 Å². The van der Waals surface area contributed by atoms with E-state index in [2.05, 4.69) is 10.3 Å². The Morgan fingerprint density at radius 3 is 2.80 bits per heavy atom. The number of pyridine rings is 1. The van der Waals surface area contributed by atoms with Gasteiger partial charge in [0.1, 0.15) is 0 Å². The number of alkyl halides is 3. The number of nitro groups is 1. The molecule has 1 aromatic heterocycles. The third kappa shape index (κ3) is 3.82. The molecule has 2 saturated heterocycles. The molecule has 8 nitrogen and oxygen atoms in total. The lowest BCUT2D eigenvalue weighted by Gasteiger charge is -2.40. The van der Waals surface area contributed by atoms with Crippen LogP contribution < -0.4 is 5.32 Å². The van der Waals surface area contributed by atoms with Crippen molar-refractivity contribution in [2.45, 2.75) is 18.5 Å². The average Bonchev–Trinajstić information content (AvgIpc) is 2.97. The summed E-state index contributed by atoms with van der Waals surface area (Å²) in [6.45, 7) is 0.629. The molecule has 1 N–H and O–H groups in total. The number of halogens is 3. The first-order valence-electron chi connectivity index (χ1n) is 7.42. The molecule has 2 aliphatic heterocycles. The van der Waals surface area contributed by atoms with Crippen LogP contribution >= 0.6 is 0 Å². The number of hydrogen-bond donors (Lipinski definition) is 1. The highest BCUT2D eigenvalue weighted by atomic mass is 19.4. The first-order valence-corrected chi connectivity index (χ1v) is 7.42. The fourth-order valence-corrected chi connectivity index (χ4v) is 2.83. The van der Waals surface area contributed by atoms with Gasteiger partial charge < -0.3 is 19.7 Å². The van der Waals surface area contributed by atoms with Gasteiger partial charge in [0.25, 0.3) is 6.20 Å². The molecule has 136 valence electrons. The predicted octanol–water partition coefficient (Wildman–Crippen LogP) is 1.32. The molecule has 0 amide bonds. The van der Waals surface area contributed by atoms with E-state index in [0.29, 0.717) is 19.4 Å². The summed E-state index contributed by atoms with van der Waals surface area (Å²) in [6.07, 6.45) is -2.62. The minimum atomic E-state index is -4.57. The second-order valence-electron chi connectivity index (χ2n) is 5.61. The molecule has 0 aliphatic carbocycles. The van der Waals surface area contributed by atoms with Gasteiger partial charge in [-0.2, -0.15) is 13.2 Å². The second-order valence-corrected chi connectivity index (χ2v) is 5.61. The van der Waals surface area contributed by atoms with Crippen LogP contribution in [0, 0.1) is 10.1 Å². The van der Waals surface area contributed by atoms with Crippen molar-refractivity contribution in [2.75, 3.05) is 26.3 Å². The monoisotopic (exact) mass is 360 g/mol. The number of hydrogen-bond acceptors (Lipinski definition) is 7. The molecule has 0 bridgehead atoms. The Morgan fingerprint density at radius 2 is 2.16 bits per heavy atom. The summed E-state index contributed by atoms with van der Waals surface area (Å²) in [6, 6.07) is 2.12. The number of aromatic nitrogens is 1. The number of nitrogens with one attached hydrogen (secondary N) is 1. The van der Waals surface area contributed by atoms with Gasteiger partial charge in [-0.25, -0.2) is 0 Å². The lowest BCUT2D eigenvalue weighted by atomic mass is 10.1. The van der Waals surface area contributed by atoms with E-state index in [0.717, 1.165) is 6.07 Å². The molecule has 0 saturated carbocycles. The third-order valence-electron chi connectivity index (χ3n) is 3.89. The van der Waals surface area contributed by atoms with Gasteiger partial charge in [-0.3, -0.25) is 15.1 Å². The topological polar surface area (TPSA) is 89.8 Å². The van der Waals surface area contributed by atoms with Gasteiger partial charge in [0, 0.05) is 6.20 Å². The van der Waals surface area contributed by atoms with Crippen molar-refractivity contribution in [3.63, 3.8) is 0 Å². The molecular formula is C14H15F3N4O4. The van der Waals surface area contributed by atoms with Crippen molar-refractivity contribution in [2.24, 2.45) is 0 Å². The van der Waals surface area contributed by atoms with E-state index in [1.807, 2.05) is 0 Å². The third-order valence-corrected chi connectivity index (χ3v) is 3.89. The number of ether oxygens (including phenoxy) is 2. The van der Waals surface area contributed by atoms with E-state index < -0.39 is 22.5 Å². The minimum absolute atomic E-state index is 0.0492. The van der Waals surface area contributed by atoms with Crippen LogP contribution in [0.25, 0.3) is 0 Å². The molecule has 3 rings (SSSR count). The lowest BCUT2D eigenvalue weighted by molar-refractivity contribution is -0.405. The van der Waals surface area contributed by atoms with Gasteiger partial charge in [0.15, 0.2) is 5.82 Å². The van der Waals surface area contributed by atoms with Gasteiger partial charge in [-0.05, 0) is 12.1 Å². The van der Waals surface area contributed by atoms with E-state index in [1.165, 1.54) is 17.2 Å².